The van der Waals surface area contributed by atoms with Crippen molar-refractivity contribution >= 4 is 5.91 Å². The Labute approximate surface area is 78.3 Å². The van der Waals surface area contributed by atoms with Crippen molar-refractivity contribution in [1.29, 1.82) is 0 Å². The van der Waals surface area contributed by atoms with Crippen molar-refractivity contribution in [3.8, 4) is 0 Å². The zero-order valence-electron chi connectivity index (χ0n) is 8.01. The molecule has 0 aliphatic carbocycles. The highest BCUT2D eigenvalue weighted by Gasteiger charge is 2.32. The zero-order valence-corrected chi connectivity index (χ0v) is 8.01. The van der Waals surface area contributed by atoms with Crippen LogP contribution >= 0.6 is 0 Å². The van der Waals surface area contributed by atoms with Gasteiger partial charge >= 0.3 is 0 Å². The summed E-state index contributed by atoms with van der Waals surface area (Å²) in [6, 6.07) is 0. The zero-order chi connectivity index (χ0) is 9.73. The molecule has 0 atom stereocenters. The maximum Gasteiger partial charge on any atom is 0.220 e. The van der Waals surface area contributed by atoms with Gasteiger partial charge in [0.15, 0.2) is 0 Å². The van der Waals surface area contributed by atoms with Crippen molar-refractivity contribution in [1.82, 2.24) is 5.32 Å². The highest BCUT2D eigenvalue weighted by atomic mass is 16.5. The standard InChI is InChI=1S/C9H17NO3/c1-2-8(12)10-9(7-11)3-5-13-6-4-9/h11H,2-7H2,1H3,(H,10,12). The molecular formula is C9H17NO3. The molecule has 0 saturated carbocycles. The first kappa shape index (κ1) is 10.5. The van der Waals surface area contributed by atoms with E-state index in [0.717, 1.165) is 0 Å². The van der Waals surface area contributed by atoms with Crippen molar-refractivity contribution in [3.05, 3.63) is 0 Å². The lowest BCUT2D eigenvalue weighted by atomic mass is 9.91. The molecule has 4 nitrogen and oxygen atoms in total. The molecule has 0 spiro atoms. The third-order valence-electron chi connectivity index (χ3n) is 2.48. The van der Waals surface area contributed by atoms with Crippen LogP contribution in [-0.2, 0) is 9.53 Å². The number of aliphatic hydroxyl groups excluding tert-OH is 1. The van der Waals surface area contributed by atoms with Gasteiger partial charge in [-0.1, -0.05) is 6.92 Å². The van der Waals surface area contributed by atoms with Crippen LogP contribution in [0.25, 0.3) is 0 Å². The fraction of sp³-hybridized carbons (Fsp3) is 0.889. The summed E-state index contributed by atoms with van der Waals surface area (Å²) >= 11 is 0. The van der Waals surface area contributed by atoms with Crippen LogP contribution in [0.2, 0.25) is 0 Å². The SMILES string of the molecule is CCC(=O)NC1(CO)CCOCC1. The molecule has 2 N–H and O–H groups in total. The first-order valence-electron chi connectivity index (χ1n) is 4.72. The van der Waals surface area contributed by atoms with Gasteiger partial charge < -0.3 is 15.2 Å². The molecular weight excluding hydrogens is 170 g/mol. The lowest BCUT2D eigenvalue weighted by molar-refractivity contribution is -0.124. The van der Waals surface area contributed by atoms with Gasteiger partial charge in [0.05, 0.1) is 12.1 Å². The van der Waals surface area contributed by atoms with E-state index in [1.165, 1.54) is 0 Å². The Balaban J connectivity index is 2.52. The number of rotatable bonds is 3. The predicted octanol–water partition coefficient (Wildman–Crippen LogP) is 0.0541. The minimum atomic E-state index is -0.425. The predicted molar refractivity (Wildman–Crippen MR) is 48.3 cm³/mol. The van der Waals surface area contributed by atoms with Crippen molar-refractivity contribution in [2.45, 2.75) is 31.7 Å². The van der Waals surface area contributed by atoms with Gasteiger partial charge in [0, 0.05) is 19.6 Å². The Kier molecular flexibility index (Phi) is 3.69. The van der Waals surface area contributed by atoms with Gasteiger partial charge in [-0.15, -0.1) is 0 Å². The third-order valence-corrected chi connectivity index (χ3v) is 2.48. The molecule has 1 heterocycles. The molecule has 1 fully saturated rings. The summed E-state index contributed by atoms with van der Waals surface area (Å²) in [5.74, 6) is -0.00375. The maximum atomic E-state index is 11.2. The molecule has 0 radical (unpaired) electrons. The maximum absolute atomic E-state index is 11.2. The summed E-state index contributed by atoms with van der Waals surface area (Å²) in [5, 5.41) is 12.1. The van der Waals surface area contributed by atoms with Crippen molar-refractivity contribution in [3.63, 3.8) is 0 Å². The van der Waals surface area contributed by atoms with E-state index >= 15 is 0 Å². The van der Waals surface area contributed by atoms with Gasteiger partial charge in [-0.3, -0.25) is 4.79 Å². The van der Waals surface area contributed by atoms with Crippen LogP contribution in [0.1, 0.15) is 26.2 Å². The number of aliphatic hydroxyl groups is 1. The van der Waals surface area contributed by atoms with Gasteiger partial charge in [0.1, 0.15) is 0 Å². The fourth-order valence-electron chi connectivity index (χ4n) is 1.47. The molecule has 0 unspecified atom stereocenters. The molecule has 0 aromatic carbocycles. The second kappa shape index (κ2) is 4.58. The molecule has 1 amide bonds. The second-order valence-electron chi connectivity index (χ2n) is 3.45. The summed E-state index contributed by atoms with van der Waals surface area (Å²) in [4.78, 5) is 11.2. The van der Waals surface area contributed by atoms with E-state index in [4.69, 9.17) is 4.74 Å². The van der Waals surface area contributed by atoms with E-state index < -0.39 is 5.54 Å². The van der Waals surface area contributed by atoms with Crippen LogP contribution in [0.3, 0.4) is 0 Å². The van der Waals surface area contributed by atoms with Crippen molar-refractivity contribution in [2.75, 3.05) is 19.8 Å². The average molecular weight is 187 g/mol. The van der Waals surface area contributed by atoms with Crippen LogP contribution in [0, 0.1) is 0 Å². The number of carbonyl (C=O) groups excluding carboxylic acids is 1. The molecule has 0 bridgehead atoms. The topological polar surface area (TPSA) is 58.6 Å². The number of hydrogen-bond donors (Lipinski definition) is 2. The molecule has 1 saturated heterocycles. The second-order valence-corrected chi connectivity index (χ2v) is 3.45. The van der Waals surface area contributed by atoms with E-state index in [2.05, 4.69) is 5.32 Å². The Morgan fingerprint density at radius 2 is 2.15 bits per heavy atom. The van der Waals surface area contributed by atoms with Gasteiger partial charge in [-0.05, 0) is 12.8 Å². The molecule has 1 rings (SSSR count). The first-order chi connectivity index (χ1) is 6.22. The van der Waals surface area contributed by atoms with Gasteiger partial charge in [0.25, 0.3) is 0 Å². The van der Waals surface area contributed by atoms with E-state index in [9.17, 15) is 9.90 Å². The van der Waals surface area contributed by atoms with Crippen molar-refractivity contribution in [2.24, 2.45) is 0 Å². The third kappa shape index (κ3) is 2.67. The lowest BCUT2D eigenvalue weighted by Gasteiger charge is -2.36. The van der Waals surface area contributed by atoms with Crippen molar-refractivity contribution < 1.29 is 14.6 Å². The largest absolute Gasteiger partial charge is 0.394 e. The number of hydrogen-bond acceptors (Lipinski definition) is 3. The van der Waals surface area contributed by atoms with Crippen LogP contribution < -0.4 is 5.32 Å². The molecule has 13 heavy (non-hydrogen) atoms. The molecule has 0 aromatic rings. The van der Waals surface area contributed by atoms with Crippen LogP contribution in [0.4, 0.5) is 0 Å². The van der Waals surface area contributed by atoms with Gasteiger partial charge in [0.2, 0.25) is 5.91 Å². The Morgan fingerprint density at radius 3 is 2.62 bits per heavy atom. The van der Waals surface area contributed by atoms with E-state index in [1.54, 1.807) is 6.92 Å². The summed E-state index contributed by atoms with van der Waals surface area (Å²) < 4.78 is 5.18. The molecule has 4 heteroatoms. The fourth-order valence-corrected chi connectivity index (χ4v) is 1.47. The van der Waals surface area contributed by atoms with E-state index in [0.29, 0.717) is 32.5 Å². The molecule has 76 valence electrons. The average Bonchev–Trinajstić information content (AvgIpc) is 2.19. The van der Waals surface area contributed by atoms with E-state index in [-0.39, 0.29) is 12.5 Å². The summed E-state index contributed by atoms with van der Waals surface area (Å²) in [5.41, 5.74) is -0.425. The lowest BCUT2D eigenvalue weighted by Crippen LogP contribution is -2.54. The van der Waals surface area contributed by atoms with Gasteiger partial charge in [-0.25, -0.2) is 0 Å². The minimum Gasteiger partial charge on any atom is -0.394 e. The Morgan fingerprint density at radius 1 is 1.54 bits per heavy atom. The normalized spacial score (nSPS) is 21.1. The number of ether oxygens (including phenoxy) is 1. The highest BCUT2D eigenvalue weighted by molar-refractivity contribution is 5.76. The van der Waals surface area contributed by atoms with E-state index in [1.807, 2.05) is 0 Å². The highest BCUT2D eigenvalue weighted by Crippen LogP contribution is 2.19. The number of carbonyl (C=O) groups is 1. The smallest absolute Gasteiger partial charge is 0.220 e. The van der Waals surface area contributed by atoms with Crippen LogP contribution in [-0.4, -0.2) is 36.4 Å². The van der Waals surface area contributed by atoms with Crippen LogP contribution in [0.15, 0.2) is 0 Å². The Hall–Kier alpha value is -0.610. The summed E-state index contributed by atoms with van der Waals surface area (Å²) in [7, 11) is 0. The summed E-state index contributed by atoms with van der Waals surface area (Å²) in [6.45, 7) is 3.04. The van der Waals surface area contributed by atoms with Gasteiger partial charge in [-0.2, -0.15) is 0 Å². The summed E-state index contributed by atoms with van der Waals surface area (Å²) in [6.07, 6.45) is 1.87. The molecule has 1 aliphatic heterocycles. The quantitative estimate of drug-likeness (QED) is 0.656. The number of amides is 1. The monoisotopic (exact) mass is 187 g/mol. The van der Waals surface area contributed by atoms with Crippen LogP contribution in [0.5, 0.6) is 0 Å². The Bertz CT molecular complexity index is 176. The molecule has 1 aliphatic rings. The molecule has 0 aromatic heterocycles. The first-order valence-corrected chi connectivity index (χ1v) is 4.72. The minimum absolute atomic E-state index is 0.00208. The number of nitrogens with one attached hydrogen (secondary N) is 1.